The Morgan fingerprint density at radius 1 is 1.26 bits per heavy atom. The molecule has 1 aliphatic rings. The minimum absolute atomic E-state index is 0.145. The monoisotopic (exact) mass is 476 g/mol. The van der Waals surface area contributed by atoms with Crippen LogP contribution in [0.3, 0.4) is 0 Å². The van der Waals surface area contributed by atoms with Gasteiger partial charge in [0, 0.05) is 37.3 Å². The number of hydrogen-bond acceptors (Lipinski definition) is 7. The third-order valence-electron chi connectivity index (χ3n) is 6.85. The lowest BCUT2D eigenvalue weighted by atomic mass is 9.93. The van der Waals surface area contributed by atoms with E-state index in [4.69, 9.17) is 14.7 Å². The van der Waals surface area contributed by atoms with Gasteiger partial charge in [0.1, 0.15) is 11.8 Å². The summed E-state index contributed by atoms with van der Waals surface area (Å²) in [5.74, 6) is 1.38. The summed E-state index contributed by atoms with van der Waals surface area (Å²) >= 11 is 0. The number of likely N-dealkylation sites (N-methyl/N-ethyl adjacent to an activating group) is 1. The molecule has 0 aromatic carbocycles. The maximum atomic E-state index is 12.1. The Morgan fingerprint density at radius 2 is 2.03 bits per heavy atom. The highest BCUT2D eigenvalue weighted by atomic mass is 16.5. The second kappa shape index (κ2) is 9.26. The fourth-order valence-electron chi connectivity index (χ4n) is 4.87. The maximum Gasteiger partial charge on any atom is 0.236 e. The van der Waals surface area contributed by atoms with E-state index in [0.29, 0.717) is 23.9 Å². The Hall–Kier alpha value is -3.53. The number of carbonyl (C=O) groups excluding carboxylic acids is 1. The molecule has 1 aliphatic heterocycles. The van der Waals surface area contributed by atoms with Crippen molar-refractivity contribution in [2.24, 2.45) is 0 Å². The van der Waals surface area contributed by atoms with Crippen molar-refractivity contribution in [1.29, 1.82) is 0 Å². The molecule has 5 heterocycles. The van der Waals surface area contributed by atoms with Gasteiger partial charge in [-0.3, -0.25) is 9.69 Å². The van der Waals surface area contributed by atoms with Gasteiger partial charge in [-0.15, -0.1) is 0 Å². The van der Waals surface area contributed by atoms with Crippen molar-refractivity contribution in [3.8, 4) is 17.0 Å². The van der Waals surface area contributed by atoms with Crippen LogP contribution < -0.4 is 4.74 Å². The number of hydrogen-bond donors (Lipinski definition) is 1. The van der Waals surface area contributed by atoms with Crippen molar-refractivity contribution in [2.75, 3.05) is 40.8 Å². The number of pyridine rings is 1. The van der Waals surface area contributed by atoms with Crippen LogP contribution in [0.2, 0.25) is 0 Å². The number of likely N-dealkylation sites (tertiary alicyclic amines) is 1. The summed E-state index contributed by atoms with van der Waals surface area (Å²) in [5, 5.41) is 4.30. The van der Waals surface area contributed by atoms with Gasteiger partial charge in [-0.25, -0.2) is 19.5 Å². The van der Waals surface area contributed by atoms with Gasteiger partial charge in [-0.2, -0.15) is 5.10 Å². The van der Waals surface area contributed by atoms with E-state index in [9.17, 15) is 4.79 Å². The molecule has 0 atom stereocenters. The zero-order valence-electron chi connectivity index (χ0n) is 20.9. The Morgan fingerprint density at radius 3 is 2.71 bits per heavy atom. The van der Waals surface area contributed by atoms with Crippen molar-refractivity contribution >= 4 is 22.7 Å². The van der Waals surface area contributed by atoms with Crippen LogP contribution in [0.1, 0.15) is 49.8 Å². The number of H-pyrrole nitrogens is 1. The number of carbonyl (C=O) groups is 1. The molecule has 0 saturated carbocycles. The van der Waals surface area contributed by atoms with E-state index in [1.165, 1.54) is 6.33 Å². The quantitative estimate of drug-likeness (QED) is 0.456. The molecule has 1 fully saturated rings. The highest BCUT2D eigenvalue weighted by Crippen LogP contribution is 2.37. The second-order valence-electron chi connectivity index (χ2n) is 9.72. The summed E-state index contributed by atoms with van der Waals surface area (Å²) in [6.45, 7) is 6.59. The number of fused-ring (bicyclic) bond motifs is 2. The molecule has 0 spiro atoms. The molecule has 10 heteroatoms. The van der Waals surface area contributed by atoms with E-state index < -0.39 is 0 Å². The molecule has 0 radical (unpaired) electrons. The molecule has 35 heavy (non-hydrogen) atoms. The smallest absolute Gasteiger partial charge is 0.236 e. The predicted octanol–water partition coefficient (Wildman–Crippen LogP) is 3.07. The lowest BCUT2D eigenvalue weighted by molar-refractivity contribution is -0.130. The van der Waals surface area contributed by atoms with Crippen LogP contribution in [-0.4, -0.2) is 86.1 Å². The van der Waals surface area contributed by atoms with Crippen LogP contribution >= 0.6 is 0 Å². The largest absolute Gasteiger partial charge is 0.493 e. The number of aromatic nitrogens is 6. The predicted molar refractivity (Wildman–Crippen MR) is 134 cm³/mol. The van der Waals surface area contributed by atoms with Gasteiger partial charge < -0.3 is 14.6 Å². The standard InChI is InChI=1S/C25H32N8O2/c1-15(2)21-22(17-10-19(35-5)25-27-14-28-33(25)12-17)30-24-23(21)29-18(11-26-24)16-6-8-32(9-7-16)13-20(34)31(3)4/h10-12,14-16H,6-9,13H2,1-5H3,(H,26,30). The van der Waals surface area contributed by atoms with Gasteiger partial charge in [-0.05, 0) is 37.9 Å². The zero-order chi connectivity index (χ0) is 24.7. The van der Waals surface area contributed by atoms with Crippen molar-refractivity contribution in [3.05, 3.63) is 36.0 Å². The minimum atomic E-state index is 0.145. The average molecular weight is 477 g/mol. The average Bonchev–Trinajstić information content (AvgIpc) is 3.48. The Balaban J connectivity index is 1.47. The van der Waals surface area contributed by atoms with Crippen LogP contribution in [0, 0.1) is 0 Å². The Bertz CT molecular complexity index is 1360. The normalized spacial score (nSPS) is 15.4. The molecule has 0 unspecified atom stereocenters. The third kappa shape index (κ3) is 4.34. The van der Waals surface area contributed by atoms with Gasteiger partial charge in [0.05, 0.1) is 31.2 Å². The van der Waals surface area contributed by atoms with E-state index in [2.05, 4.69) is 33.8 Å². The van der Waals surface area contributed by atoms with Gasteiger partial charge in [0.15, 0.2) is 17.0 Å². The van der Waals surface area contributed by atoms with Crippen molar-refractivity contribution in [1.82, 2.24) is 39.3 Å². The van der Waals surface area contributed by atoms with Crippen molar-refractivity contribution < 1.29 is 9.53 Å². The lowest BCUT2D eigenvalue weighted by Crippen LogP contribution is -2.40. The summed E-state index contributed by atoms with van der Waals surface area (Å²) in [5.41, 5.74) is 6.44. The fourth-order valence-corrected chi connectivity index (χ4v) is 4.87. The molecular formula is C25H32N8O2. The lowest BCUT2D eigenvalue weighted by Gasteiger charge is -2.31. The molecule has 4 aromatic heterocycles. The number of piperidine rings is 1. The second-order valence-corrected chi connectivity index (χ2v) is 9.72. The van der Waals surface area contributed by atoms with Crippen LogP contribution in [0.15, 0.2) is 24.8 Å². The minimum Gasteiger partial charge on any atom is -0.493 e. The fraction of sp³-hybridized carbons (Fsp3) is 0.480. The van der Waals surface area contributed by atoms with E-state index in [-0.39, 0.29) is 11.8 Å². The topological polar surface area (TPSA) is 105 Å². The summed E-state index contributed by atoms with van der Waals surface area (Å²) in [6, 6.07) is 1.98. The van der Waals surface area contributed by atoms with Crippen LogP contribution in [0.4, 0.5) is 0 Å². The van der Waals surface area contributed by atoms with E-state index in [0.717, 1.165) is 59.6 Å². The summed E-state index contributed by atoms with van der Waals surface area (Å²) in [7, 11) is 5.24. The maximum absolute atomic E-state index is 12.1. The molecule has 4 aromatic rings. The first kappa shape index (κ1) is 23.2. The SMILES string of the molecule is COc1cc(-c2[nH]c3ncc(C4CCN(CC(=O)N(C)C)CC4)nc3c2C(C)C)cn2ncnc12. The first-order valence-corrected chi connectivity index (χ1v) is 12.0. The Labute approximate surface area is 204 Å². The highest BCUT2D eigenvalue weighted by Gasteiger charge is 2.26. The third-order valence-corrected chi connectivity index (χ3v) is 6.85. The summed E-state index contributed by atoms with van der Waals surface area (Å²) in [6.07, 6.45) is 7.31. The molecule has 1 N–H and O–H groups in total. The molecule has 1 amide bonds. The zero-order valence-corrected chi connectivity index (χ0v) is 20.9. The number of methoxy groups -OCH3 is 1. The molecule has 10 nitrogen and oxygen atoms in total. The molecule has 0 aliphatic carbocycles. The molecule has 1 saturated heterocycles. The molecular weight excluding hydrogens is 444 g/mol. The first-order chi connectivity index (χ1) is 16.9. The molecule has 184 valence electrons. The van der Waals surface area contributed by atoms with Crippen molar-refractivity contribution in [3.63, 3.8) is 0 Å². The van der Waals surface area contributed by atoms with E-state index >= 15 is 0 Å². The summed E-state index contributed by atoms with van der Waals surface area (Å²) in [4.78, 5) is 33.6. The molecule has 5 rings (SSSR count). The number of ether oxygens (including phenoxy) is 1. The number of aromatic amines is 1. The Kier molecular flexibility index (Phi) is 6.14. The van der Waals surface area contributed by atoms with Crippen LogP contribution in [0.5, 0.6) is 5.75 Å². The first-order valence-electron chi connectivity index (χ1n) is 12.0. The number of nitrogens with one attached hydrogen (secondary N) is 1. The van der Waals surface area contributed by atoms with Gasteiger partial charge in [0.2, 0.25) is 5.91 Å². The number of amides is 1. The van der Waals surface area contributed by atoms with Gasteiger partial charge in [-0.1, -0.05) is 13.8 Å². The van der Waals surface area contributed by atoms with Gasteiger partial charge in [0.25, 0.3) is 0 Å². The van der Waals surface area contributed by atoms with Crippen LogP contribution in [0.25, 0.3) is 28.1 Å². The van der Waals surface area contributed by atoms with Gasteiger partial charge >= 0.3 is 0 Å². The van der Waals surface area contributed by atoms with E-state index in [1.807, 2.05) is 18.5 Å². The van der Waals surface area contributed by atoms with Crippen LogP contribution in [-0.2, 0) is 4.79 Å². The summed E-state index contributed by atoms with van der Waals surface area (Å²) < 4.78 is 7.30. The van der Waals surface area contributed by atoms with E-state index in [1.54, 1.807) is 30.6 Å². The van der Waals surface area contributed by atoms with Crippen molar-refractivity contribution in [2.45, 2.75) is 38.5 Å². The highest BCUT2D eigenvalue weighted by molar-refractivity contribution is 5.86. The number of rotatable bonds is 6. The number of nitrogens with zero attached hydrogens (tertiary/aromatic N) is 7. The molecule has 0 bridgehead atoms.